The van der Waals surface area contributed by atoms with E-state index in [1.807, 2.05) is 24.3 Å². The molecule has 4 rings (SSSR count). The monoisotopic (exact) mass is 726 g/mol. The second-order valence-electron chi connectivity index (χ2n) is 12.2. The van der Waals surface area contributed by atoms with Gasteiger partial charge in [-0.2, -0.15) is 0 Å². The van der Waals surface area contributed by atoms with Crippen LogP contribution in [0.1, 0.15) is 50.0 Å². The summed E-state index contributed by atoms with van der Waals surface area (Å²) in [6.07, 6.45) is -0.997. The van der Waals surface area contributed by atoms with Crippen molar-refractivity contribution < 1.29 is 43.3 Å². The van der Waals surface area contributed by atoms with E-state index in [-0.39, 0.29) is 43.1 Å². The minimum Gasteiger partial charge on any atom is -0.496 e. The highest BCUT2D eigenvalue weighted by molar-refractivity contribution is 9.10. The number of para-hydroxylation sites is 1. The standard InChI is InChI=1S/C34H39BrN4O9/c1-19(38(5)33(45)48-34(2,3)4)30(42)37-25-18-47-29-23(31(43)36-15-14-28(40)41)8-7-9-26(29)39(32(25)44)17-24-22-12-11-21(35)16-20(22)10-13-27(24)46-6/h7-13,16,19,25H,14-15,17-18H2,1-6H3,(H,36,43)(H,37,42)(H,40,41)/t19-,25-/m0/s1. The lowest BCUT2D eigenvalue weighted by Gasteiger charge is -2.30. The van der Waals surface area contributed by atoms with Gasteiger partial charge in [0.05, 0.1) is 31.3 Å². The van der Waals surface area contributed by atoms with E-state index in [4.69, 9.17) is 19.3 Å². The lowest BCUT2D eigenvalue weighted by Crippen LogP contribution is -2.55. The summed E-state index contributed by atoms with van der Waals surface area (Å²) < 4.78 is 18.0. The number of nitrogens with one attached hydrogen (secondary N) is 2. The molecule has 3 aromatic carbocycles. The van der Waals surface area contributed by atoms with Crippen LogP contribution >= 0.6 is 15.9 Å². The van der Waals surface area contributed by atoms with Crippen molar-refractivity contribution in [2.75, 3.05) is 32.2 Å². The Morgan fingerprint density at radius 2 is 1.88 bits per heavy atom. The van der Waals surface area contributed by atoms with Crippen LogP contribution in [0.3, 0.4) is 0 Å². The maximum Gasteiger partial charge on any atom is 0.410 e. The summed E-state index contributed by atoms with van der Waals surface area (Å²) in [7, 11) is 2.95. The van der Waals surface area contributed by atoms with Gasteiger partial charge < -0.3 is 34.9 Å². The topological polar surface area (TPSA) is 164 Å². The van der Waals surface area contributed by atoms with E-state index in [1.54, 1.807) is 39.0 Å². The van der Waals surface area contributed by atoms with Gasteiger partial charge in [-0.3, -0.25) is 24.1 Å². The molecule has 3 N–H and O–H groups in total. The Morgan fingerprint density at radius 1 is 1.15 bits per heavy atom. The number of carboxylic acids is 1. The quantitative estimate of drug-likeness (QED) is 0.273. The van der Waals surface area contributed by atoms with E-state index >= 15 is 0 Å². The summed E-state index contributed by atoms with van der Waals surface area (Å²) in [5.74, 6) is -2.24. The van der Waals surface area contributed by atoms with Crippen molar-refractivity contribution in [2.45, 2.75) is 58.3 Å². The van der Waals surface area contributed by atoms with Crippen LogP contribution < -0.4 is 25.0 Å². The fourth-order valence-corrected chi connectivity index (χ4v) is 5.45. The third kappa shape index (κ3) is 8.35. The number of hydrogen-bond donors (Lipinski definition) is 3. The molecule has 1 aliphatic rings. The van der Waals surface area contributed by atoms with E-state index in [0.29, 0.717) is 11.3 Å². The number of amides is 4. The number of anilines is 1. The number of rotatable bonds is 10. The molecule has 1 heterocycles. The van der Waals surface area contributed by atoms with E-state index in [1.165, 1.54) is 32.0 Å². The molecule has 256 valence electrons. The number of carbonyl (C=O) groups is 5. The first-order valence-electron chi connectivity index (χ1n) is 15.2. The highest BCUT2D eigenvalue weighted by atomic mass is 79.9. The first-order valence-corrected chi connectivity index (χ1v) is 16.0. The molecule has 0 aliphatic carbocycles. The zero-order chi connectivity index (χ0) is 35.3. The van der Waals surface area contributed by atoms with Gasteiger partial charge in [0.15, 0.2) is 5.75 Å². The van der Waals surface area contributed by atoms with E-state index in [9.17, 15) is 24.0 Å². The summed E-state index contributed by atoms with van der Waals surface area (Å²) in [5.41, 5.74) is 0.227. The van der Waals surface area contributed by atoms with Crippen molar-refractivity contribution in [3.63, 3.8) is 0 Å². The first kappa shape index (κ1) is 36.0. The van der Waals surface area contributed by atoms with Gasteiger partial charge in [0.1, 0.15) is 30.0 Å². The van der Waals surface area contributed by atoms with Crippen LogP contribution in [0, 0.1) is 0 Å². The van der Waals surface area contributed by atoms with E-state index < -0.39 is 47.5 Å². The summed E-state index contributed by atoms with van der Waals surface area (Å²) in [5, 5.41) is 16.0. The van der Waals surface area contributed by atoms with Gasteiger partial charge in [-0.1, -0.05) is 34.1 Å². The highest BCUT2D eigenvalue weighted by Gasteiger charge is 2.37. The third-order valence-electron chi connectivity index (χ3n) is 7.66. The molecule has 0 saturated heterocycles. The second-order valence-corrected chi connectivity index (χ2v) is 13.1. The van der Waals surface area contributed by atoms with Gasteiger partial charge in [-0.15, -0.1) is 0 Å². The number of likely N-dealkylation sites (N-methyl/N-ethyl adjacent to an activating group) is 1. The Kier molecular flexibility index (Phi) is 11.2. The molecular formula is C34H39BrN4O9. The molecule has 0 spiro atoms. The van der Waals surface area contributed by atoms with Crippen LogP contribution in [0.25, 0.3) is 10.8 Å². The number of fused-ring (bicyclic) bond motifs is 2. The molecule has 0 aromatic heterocycles. The Bertz CT molecular complexity index is 1740. The number of halogens is 1. The van der Waals surface area contributed by atoms with Crippen LogP contribution in [0.5, 0.6) is 11.5 Å². The number of carboxylic acid groups (broad SMARTS) is 1. The summed E-state index contributed by atoms with van der Waals surface area (Å²) in [6, 6.07) is 11.9. The van der Waals surface area contributed by atoms with Gasteiger partial charge in [-0.05, 0) is 68.8 Å². The second kappa shape index (κ2) is 14.9. The SMILES string of the molecule is COc1ccc2cc(Br)ccc2c1CN1C(=O)[C@@H](NC(=O)[C@H](C)N(C)C(=O)OC(C)(C)C)COc2c(C(=O)NCCC(=O)O)cccc21. The van der Waals surface area contributed by atoms with Gasteiger partial charge >= 0.3 is 12.1 Å². The van der Waals surface area contributed by atoms with E-state index in [0.717, 1.165) is 20.1 Å². The van der Waals surface area contributed by atoms with Gasteiger partial charge in [-0.25, -0.2) is 4.79 Å². The number of ether oxygens (including phenoxy) is 3. The molecule has 0 bridgehead atoms. The van der Waals surface area contributed by atoms with Crippen LogP contribution in [0.2, 0.25) is 0 Å². The predicted molar refractivity (Wildman–Crippen MR) is 181 cm³/mol. The number of nitrogens with zero attached hydrogens (tertiary/aromatic N) is 2. The average Bonchev–Trinajstić information content (AvgIpc) is 3.15. The maximum atomic E-state index is 14.4. The molecule has 0 saturated carbocycles. The molecule has 2 atom stereocenters. The number of benzene rings is 3. The predicted octanol–water partition coefficient (Wildman–Crippen LogP) is 4.48. The molecule has 14 heteroatoms. The van der Waals surface area contributed by atoms with Crippen LogP contribution in [-0.4, -0.2) is 84.8 Å². The molecule has 3 aromatic rings. The molecule has 0 radical (unpaired) electrons. The fraction of sp³-hybridized carbons (Fsp3) is 0.382. The lowest BCUT2D eigenvalue weighted by atomic mass is 10.0. The molecule has 4 amide bonds. The minimum atomic E-state index is -1.22. The number of hydrogen-bond acceptors (Lipinski definition) is 8. The maximum absolute atomic E-state index is 14.4. The highest BCUT2D eigenvalue weighted by Crippen LogP contribution is 2.38. The molecule has 13 nitrogen and oxygen atoms in total. The zero-order valence-corrected chi connectivity index (χ0v) is 29.2. The Balaban J connectivity index is 1.74. The van der Waals surface area contributed by atoms with Crippen molar-refractivity contribution in [2.24, 2.45) is 0 Å². The summed E-state index contributed by atoms with van der Waals surface area (Å²) in [4.78, 5) is 67.3. The summed E-state index contributed by atoms with van der Waals surface area (Å²) in [6.45, 7) is 6.15. The molecule has 48 heavy (non-hydrogen) atoms. The van der Waals surface area contributed by atoms with Gasteiger partial charge in [0.2, 0.25) is 5.91 Å². The van der Waals surface area contributed by atoms with E-state index in [2.05, 4.69) is 26.6 Å². The lowest BCUT2D eigenvalue weighted by molar-refractivity contribution is -0.136. The minimum absolute atomic E-state index is 0.0266. The van der Waals surface area contributed by atoms with Crippen molar-refractivity contribution >= 4 is 62.2 Å². The Hall–Kier alpha value is -4.85. The molecule has 0 unspecified atom stereocenters. The fourth-order valence-electron chi connectivity index (χ4n) is 5.08. The van der Waals surface area contributed by atoms with Crippen molar-refractivity contribution in [3.8, 4) is 11.5 Å². The van der Waals surface area contributed by atoms with Gasteiger partial charge in [0, 0.05) is 23.6 Å². The van der Waals surface area contributed by atoms with Crippen LogP contribution in [0.4, 0.5) is 10.5 Å². The normalized spacial score (nSPS) is 15.0. The van der Waals surface area contributed by atoms with Crippen LogP contribution in [-0.2, 0) is 25.7 Å². The molecule has 0 fully saturated rings. The summed E-state index contributed by atoms with van der Waals surface area (Å²) >= 11 is 3.50. The van der Waals surface area contributed by atoms with Crippen molar-refractivity contribution in [3.05, 3.63) is 64.1 Å². The number of aliphatic carboxylic acids is 1. The van der Waals surface area contributed by atoms with Crippen molar-refractivity contribution in [1.29, 1.82) is 0 Å². The third-order valence-corrected chi connectivity index (χ3v) is 8.15. The number of carbonyl (C=O) groups excluding carboxylic acids is 4. The smallest absolute Gasteiger partial charge is 0.410 e. The first-order chi connectivity index (χ1) is 22.6. The number of methoxy groups -OCH3 is 1. The van der Waals surface area contributed by atoms with Crippen LogP contribution in [0.15, 0.2) is 53.0 Å². The average molecular weight is 728 g/mol. The van der Waals surface area contributed by atoms with Crippen molar-refractivity contribution in [1.82, 2.24) is 15.5 Å². The Morgan fingerprint density at radius 3 is 2.54 bits per heavy atom. The largest absolute Gasteiger partial charge is 0.496 e. The zero-order valence-electron chi connectivity index (χ0n) is 27.6. The molecular weight excluding hydrogens is 688 g/mol. The Labute approximate surface area is 286 Å². The van der Waals surface area contributed by atoms with Gasteiger partial charge in [0.25, 0.3) is 11.8 Å². The molecule has 1 aliphatic heterocycles.